The van der Waals surface area contributed by atoms with Crippen LogP contribution in [0, 0.1) is 6.92 Å². The van der Waals surface area contributed by atoms with Gasteiger partial charge in [0.15, 0.2) is 0 Å². The van der Waals surface area contributed by atoms with Gasteiger partial charge in [-0.1, -0.05) is 18.2 Å². The Bertz CT molecular complexity index is 1440. The van der Waals surface area contributed by atoms with E-state index in [1.807, 2.05) is 37.3 Å². The number of piperazine rings is 1. The van der Waals surface area contributed by atoms with E-state index < -0.39 is 0 Å². The molecule has 3 aliphatic rings. The summed E-state index contributed by atoms with van der Waals surface area (Å²) < 4.78 is 5.40. The van der Waals surface area contributed by atoms with E-state index in [4.69, 9.17) is 9.72 Å². The van der Waals surface area contributed by atoms with Crippen molar-refractivity contribution in [2.45, 2.75) is 57.3 Å². The van der Waals surface area contributed by atoms with E-state index in [1.54, 1.807) is 13.3 Å². The lowest BCUT2D eigenvalue weighted by Gasteiger charge is -2.40. The molecule has 0 saturated carbocycles. The first-order chi connectivity index (χ1) is 20.9. The zero-order valence-corrected chi connectivity index (χ0v) is 25.4. The van der Waals surface area contributed by atoms with Crippen molar-refractivity contribution in [2.75, 3.05) is 50.1 Å². The van der Waals surface area contributed by atoms with Gasteiger partial charge >= 0.3 is 0 Å². The number of methoxy groups -OCH3 is 1. The van der Waals surface area contributed by atoms with Gasteiger partial charge < -0.3 is 30.1 Å². The zero-order chi connectivity index (χ0) is 29.9. The van der Waals surface area contributed by atoms with Crippen LogP contribution in [0.1, 0.15) is 57.5 Å². The van der Waals surface area contributed by atoms with Crippen LogP contribution in [0.3, 0.4) is 0 Å². The minimum atomic E-state index is -0.124. The fourth-order valence-electron chi connectivity index (χ4n) is 6.90. The quantitative estimate of drug-likeness (QED) is 0.415. The van der Waals surface area contributed by atoms with E-state index in [2.05, 4.69) is 56.6 Å². The third-order valence-corrected chi connectivity index (χ3v) is 9.32. The molecule has 0 spiro atoms. The molecule has 2 N–H and O–H groups in total. The molecule has 3 aromatic rings. The number of nitrogens with zero attached hydrogens (tertiary/aromatic N) is 4. The number of carbonyl (C=O) groups excluding carboxylic acids is 2. The van der Waals surface area contributed by atoms with Crippen molar-refractivity contribution < 1.29 is 14.3 Å². The molecule has 6 rings (SSSR count). The molecule has 3 saturated heterocycles. The summed E-state index contributed by atoms with van der Waals surface area (Å²) in [5, 5.41) is 6.34. The summed E-state index contributed by atoms with van der Waals surface area (Å²) in [6.45, 7) is 6.54. The molecule has 0 radical (unpaired) electrons. The number of benzene rings is 2. The fraction of sp³-hybridized carbons (Fsp3) is 0.441. The zero-order valence-electron chi connectivity index (χ0n) is 25.4. The molecule has 9 heteroatoms. The second kappa shape index (κ2) is 12.6. The van der Waals surface area contributed by atoms with Gasteiger partial charge in [0, 0.05) is 73.9 Å². The number of rotatable bonds is 8. The number of amides is 2. The van der Waals surface area contributed by atoms with Crippen molar-refractivity contribution in [3.63, 3.8) is 0 Å². The van der Waals surface area contributed by atoms with Gasteiger partial charge in [-0.15, -0.1) is 0 Å². The number of fused-ring (bicyclic) bond motifs is 2. The van der Waals surface area contributed by atoms with Gasteiger partial charge in [-0.05, 0) is 81.6 Å². The number of anilines is 2. The monoisotopic (exact) mass is 582 g/mol. The molecule has 226 valence electrons. The van der Waals surface area contributed by atoms with Crippen molar-refractivity contribution in [1.82, 2.24) is 20.5 Å². The number of likely N-dealkylation sites (N-methyl/N-ethyl adjacent to an activating group) is 1. The Kier molecular flexibility index (Phi) is 8.51. The first-order valence-electron chi connectivity index (χ1n) is 15.4. The molecule has 2 amide bonds. The predicted octanol–water partition coefficient (Wildman–Crippen LogP) is 4.01. The summed E-state index contributed by atoms with van der Waals surface area (Å²) in [5.41, 5.74) is 4.37. The third-order valence-electron chi connectivity index (χ3n) is 9.32. The maximum atomic E-state index is 13.1. The minimum absolute atomic E-state index is 0.0474. The van der Waals surface area contributed by atoms with Crippen molar-refractivity contribution in [3.05, 3.63) is 83.0 Å². The average Bonchev–Trinajstić information content (AvgIpc) is 3.30. The van der Waals surface area contributed by atoms with E-state index in [0.29, 0.717) is 29.8 Å². The van der Waals surface area contributed by atoms with E-state index in [0.717, 1.165) is 74.6 Å². The van der Waals surface area contributed by atoms with Crippen molar-refractivity contribution in [1.29, 1.82) is 0 Å². The number of ether oxygens (including phenoxy) is 1. The fourth-order valence-corrected chi connectivity index (χ4v) is 6.90. The van der Waals surface area contributed by atoms with Crippen LogP contribution in [-0.2, 0) is 6.54 Å². The lowest BCUT2D eigenvalue weighted by molar-refractivity contribution is 0.0923. The highest BCUT2D eigenvalue weighted by molar-refractivity contribution is 5.96. The maximum Gasteiger partial charge on any atom is 0.253 e. The van der Waals surface area contributed by atoms with Crippen LogP contribution in [0.25, 0.3) is 0 Å². The van der Waals surface area contributed by atoms with Gasteiger partial charge in [-0.25, -0.2) is 4.98 Å². The molecular weight excluding hydrogens is 540 g/mol. The largest absolute Gasteiger partial charge is 0.496 e. The molecule has 43 heavy (non-hydrogen) atoms. The Labute approximate surface area is 254 Å². The van der Waals surface area contributed by atoms with Gasteiger partial charge in [-0.3, -0.25) is 9.59 Å². The minimum Gasteiger partial charge on any atom is -0.496 e. The first-order valence-corrected chi connectivity index (χ1v) is 15.4. The van der Waals surface area contributed by atoms with Crippen LogP contribution < -0.4 is 25.2 Å². The van der Waals surface area contributed by atoms with Gasteiger partial charge in [0.2, 0.25) is 0 Å². The molecule has 2 aromatic carbocycles. The third kappa shape index (κ3) is 6.32. The highest BCUT2D eigenvalue weighted by atomic mass is 16.5. The number of piperidine rings is 1. The number of pyridine rings is 1. The molecule has 3 aliphatic heterocycles. The summed E-state index contributed by atoms with van der Waals surface area (Å²) in [5.74, 6) is 1.45. The Morgan fingerprint density at radius 2 is 1.70 bits per heavy atom. The summed E-state index contributed by atoms with van der Waals surface area (Å²) >= 11 is 0. The van der Waals surface area contributed by atoms with E-state index in [1.165, 1.54) is 5.69 Å². The van der Waals surface area contributed by atoms with Crippen LogP contribution in [0.5, 0.6) is 5.75 Å². The predicted molar refractivity (Wildman–Crippen MR) is 169 cm³/mol. The molecule has 3 fully saturated rings. The lowest BCUT2D eigenvalue weighted by Crippen LogP contribution is -2.50. The highest BCUT2D eigenvalue weighted by Crippen LogP contribution is 2.38. The van der Waals surface area contributed by atoms with Gasteiger partial charge in [0.05, 0.1) is 12.7 Å². The van der Waals surface area contributed by atoms with Gasteiger partial charge in [0.25, 0.3) is 11.8 Å². The summed E-state index contributed by atoms with van der Waals surface area (Å²) in [4.78, 5) is 37.9. The van der Waals surface area contributed by atoms with E-state index in [-0.39, 0.29) is 17.9 Å². The second-order valence-electron chi connectivity index (χ2n) is 12.1. The molecule has 2 bridgehead atoms. The first kappa shape index (κ1) is 29.0. The smallest absolute Gasteiger partial charge is 0.253 e. The Hall–Kier alpha value is -4.11. The van der Waals surface area contributed by atoms with Crippen molar-refractivity contribution in [2.24, 2.45) is 0 Å². The molecule has 3 atom stereocenters. The summed E-state index contributed by atoms with van der Waals surface area (Å²) in [6.07, 6.45) is 5.59. The molecular formula is C34H42N6O3. The Balaban J connectivity index is 1.03. The van der Waals surface area contributed by atoms with Gasteiger partial charge in [0.1, 0.15) is 11.6 Å². The summed E-state index contributed by atoms with van der Waals surface area (Å²) in [7, 11) is 3.78. The topological polar surface area (TPSA) is 90.0 Å². The second-order valence-corrected chi connectivity index (χ2v) is 12.1. The SMILES string of the molecule is COc1cccc(C(=O)NC2C[C@H]3CC[C@@H](C2)N3c2ccc(C(=O)NCc3cccc(N4CCN(C)CC4)c3)cn2)c1C. The van der Waals surface area contributed by atoms with Crippen LogP contribution in [0.2, 0.25) is 0 Å². The van der Waals surface area contributed by atoms with Crippen molar-refractivity contribution >= 4 is 23.3 Å². The highest BCUT2D eigenvalue weighted by Gasteiger charge is 2.42. The van der Waals surface area contributed by atoms with Gasteiger partial charge in [-0.2, -0.15) is 0 Å². The maximum absolute atomic E-state index is 13.1. The standard InChI is InChI=1S/C34H42N6O3/c1-23-30(8-5-9-31(23)43-3)34(42)37-26-19-28-11-12-29(20-26)40(28)32-13-10-25(22-35-32)33(41)36-21-24-6-4-7-27(18-24)39-16-14-38(2)15-17-39/h4-10,13,18,22,26,28-29H,11-12,14-17,19-21H2,1-3H3,(H,36,41)(H,37,42)/t26?,28-,29+. The molecule has 1 aromatic heterocycles. The number of hydrogen-bond acceptors (Lipinski definition) is 7. The van der Waals surface area contributed by atoms with Crippen LogP contribution in [0.15, 0.2) is 60.8 Å². The van der Waals surface area contributed by atoms with Crippen molar-refractivity contribution in [3.8, 4) is 5.75 Å². The molecule has 1 unspecified atom stereocenters. The van der Waals surface area contributed by atoms with E-state index >= 15 is 0 Å². The summed E-state index contributed by atoms with van der Waals surface area (Å²) in [6, 6.07) is 18.6. The normalized spacial score (nSPS) is 21.9. The average molecular weight is 583 g/mol. The Morgan fingerprint density at radius 3 is 2.40 bits per heavy atom. The van der Waals surface area contributed by atoms with Crippen LogP contribution in [-0.4, -0.2) is 80.2 Å². The van der Waals surface area contributed by atoms with E-state index in [9.17, 15) is 9.59 Å². The Morgan fingerprint density at radius 1 is 0.953 bits per heavy atom. The molecule has 0 aliphatic carbocycles. The number of hydrogen-bond donors (Lipinski definition) is 2. The van der Waals surface area contributed by atoms with Crippen LogP contribution >= 0.6 is 0 Å². The number of carbonyl (C=O) groups is 2. The lowest BCUT2D eigenvalue weighted by atomic mass is 9.96. The number of aromatic nitrogens is 1. The van der Waals surface area contributed by atoms with Crippen LogP contribution in [0.4, 0.5) is 11.5 Å². The molecule has 9 nitrogen and oxygen atoms in total. The molecule has 4 heterocycles. The number of nitrogens with one attached hydrogen (secondary N) is 2.